The normalized spacial score (nSPS) is 14.4. The van der Waals surface area contributed by atoms with E-state index in [-0.39, 0.29) is 23.5 Å². The lowest BCUT2D eigenvalue weighted by Gasteiger charge is -2.30. The first-order valence-corrected chi connectivity index (χ1v) is 9.58. The molecule has 0 aliphatic heterocycles. The third-order valence-corrected chi connectivity index (χ3v) is 4.57. The molecule has 0 fully saturated rings. The van der Waals surface area contributed by atoms with Crippen molar-refractivity contribution in [1.82, 2.24) is 16.0 Å². The largest absolute Gasteiger partial charge is 0.379 e. The summed E-state index contributed by atoms with van der Waals surface area (Å²) in [5, 5.41) is 9.58. The standard InChI is InChI=1S/C21H36N4O2/c1-8-15(2)25-19(26)17-11-9-10-16(12-17)13-23-20(22-6)24-14-18(27-7)21(3,4)5/h9-12,15,18H,8,13-14H2,1-7H3,(H,25,26)(H2,22,23,24). The highest BCUT2D eigenvalue weighted by Crippen LogP contribution is 2.20. The second kappa shape index (κ2) is 10.9. The fourth-order valence-electron chi connectivity index (χ4n) is 2.57. The van der Waals surface area contributed by atoms with Crippen LogP contribution in [0.15, 0.2) is 29.3 Å². The number of guanidine groups is 1. The van der Waals surface area contributed by atoms with Crippen LogP contribution in [0.25, 0.3) is 0 Å². The van der Waals surface area contributed by atoms with E-state index in [0.717, 1.165) is 12.0 Å². The second-order valence-electron chi connectivity index (χ2n) is 7.88. The van der Waals surface area contributed by atoms with E-state index in [1.807, 2.05) is 31.2 Å². The van der Waals surface area contributed by atoms with Crippen LogP contribution in [0.1, 0.15) is 57.0 Å². The van der Waals surface area contributed by atoms with Crippen molar-refractivity contribution in [1.29, 1.82) is 0 Å². The molecule has 27 heavy (non-hydrogen) atoms. The first-order chi connectivity index (χ1) is 12.7. The minimum atomic E-state index is -0.0400. The zero-order chi connectivity index (χ0) is 20.4. The Labute approximate surface area is 164 Å². The highest BCUT2D eigenvalue weighted by atomic mass is 16.5. The number of rotatable bonds is 8. The zero-order valence-electron chi connectivity index (χ0n) is 17.8. The molecule has 3 N–H and O–H groups in total. The number of nitrogens with zero attached hydrogens (tertiary/aromatic N) is 1. The van der Waals surface area contributed by atoms with Gasteiger partial charge in [-0.05, 0) is 36.5 Å². The molecule has 0 heterocycles. The van der Waals surface area contributed by atoms with E-state index < -0.39 is 0 Å². The topological polar surface area (TPSA) is 74.8 Å². The SMILES string of the molecule is CCC(C)NC(=O)c1cccc(CNC(=NC)NCC(OC)C(C)(C)C)c1. The third kappa shape index (κ3) is 7.99. The average Bonchev–Trinajstić information content (AvgIpc) is 2.63. The molecule has 2 unspecified atom stereocenters. The highest BCUT2D eigenvalue weighted by molar-refractivity contribution is 5.94. The van der Waals surface area contributed by atoms with Gasteiger partial charge in [0, 0.05) is 38.9 Å². The molecule has 0 saturated heterocycles. The molecule has 0 spiro atoms. The maximum absolute atomic E-state index is 12.3. The van der Waals surface area contributed by atoms with Crippen molar-refractivity contribution in [3.05, 3.63) is 35.4 Å². The van der Waals surface area contributed by atoms with Gasteiger partial charge >= 0.3 is 0 Å². The van der Waals surface area contributed by atoms with Gasteiger partial charge < -0.3 is 20.7 Å². The van der Waals surface area contributed by atoms with Gasteiger partial charge in [-0.3, -0.25) is 9.79 Å². The van der Waals surface area contributed by atoms with Gasteiger partial charge in [-0.25, -0.2) is 0 Å². The number of benzene rings is 1. The summed E-state index contributed by atoms with van der Waals surface area (Å²) in [4.78, 5) is 16.5. The van der Waals surface area contributed by atoms with Crippen LogP contribution in [-0.2, 0) is 11.3 Å². The predicted octanol–water partition coefficient (Wildman–Crippen LogP) is 2.94. The van der Waals surface area contributed by atoms with E-state index in [4.69, 9.17) is 4.74 Å². The quantitative estimate of drug-likeness (QED) is 0.482. The van der Waals surface area contributed by atoms with Gasteiger partial charge in [-0.15, -0.1) is 0 Å². The van der Waals surface area contributed by atoms with Crippen molar-refractivity contribution in [2.75, 3.05) is 20.7 Å². The van der Waals surface area contributed by atoms with Crippen LogP contribution >= 0.6 is 0 Å². The molecule has 2 atom stereocenters. The Morgan fingerprint density at radius 2 is 1.96 bits per heavy atom. The Morgan fingerprint density at radius 3 is 2.52 bits per heavy atom. The van der Waals surface area contributed by atoms with Crippen LogP contribution in [0.3, 0.4) is 0 Å². The van der Waals surface area contributed by atoms with Crippen LogP contribution < -0.4 is 16.0 Å². The first kappa shape index (κ1) is 23.0. The molecule has 152 valence electrons. The lowest BCUT2D eigenvalue weighted by molar-refractivity contribution is 0.0205. The van der Waals surface area contributed by atoms with E-state index in [9.17, 15) is 4.79 Å². The number of hydrogen-bond acceptors (Lipinski definition) is 3. The van der Waals surface area contributed by atoms with Crippen LogP contribution in [0, 0.1) is 5.41 Å². The Balaban J connectivity index is 2.63. The molecule has 1 aromatic rings. The van der Waals surface area contributed by atoms with Gasteiger partial charge in [-0.1, -0.05) is 39.8 Å². The number of amides is 1. The third-order valence-electron chi connectivity index (χ3n) is 4.57. The van der Waals surface area contributed by atoms with Crippen LogP contribution in [0.5, 0.6) is 0 Å². The minimum absolute atomic E-state index is 0.0396. The van der Waals surface area contributed by atoms with Crippen molar-refractivity contribution in [3.8, 4) is 0 Å². The molecule has 6 nitrogen and oxygen atoms in total. The lowest BCUT2D eigenvalue weighted by atomic mass is 9.89. The van der Waals surface area contributed by atoms with Gasteiger partial charge in [0.15, 0.2) is 5.96 Å². The highest BCUT2D eigenvalue weighted by Gasteiger charge is 2.24. The monoisotopic (exact) mass is 376 g/mol. The van der Waals surface area contributed by atoms with Crippen molar-refractivity contribution in [3.63, 3.8) is 0 Å². The number of carbonyl (C=O) groups is 1. The smallest absolute Gasteiger partial charge is 0.251 e. The number of nitrogens with one attached hydrogen (secondary N) is 3. The Morgan fingerprint density at radius 1 is 1.26 bits per heavy atom. The summed E-state index contributed by atoms with van der Waals surface area (Å²) < 4.78 is 5.57. The number of aliphatic imine (C=N–C) groups is 1. The van der Waals surface area contributed by atoms with E-state index in [1.54, 1.807) is 14.2 Å². The van der Waals surface area contributed by atoms with E-state index in [1.165, 1.54) is 0 Å². The fraction of sp³-hybridized carbons (Fsp3) is 0.619. The Hall–Kier alpha value is -2.08. The minimum Gasteiger partial charge on any atom is -0.379 e. The molecule has 1 aromatic carbocycles. The van der Waals surface area contributed by atoms with Crippen molar-refractivity contribution in [2.45, 2.75) is 59.7 Å². The molecule has 0 radical (unpaired) electrons. The molecule has 0 aliphatic carbocycles. The summed E-state index contributed by atoms with van der Waals surface area (Å²) >= 11 is 0. The molecule has 1 amide bonds. The summed E-state index contributed by atoms with van der Waals surface area (Å²) in [5.41, 5.74) is 1.73. The Kier molecular flexibility index (Phi) is 9.29. The van der Waals surface area contributed by atoms with Gasteiger partial charge in [0.05, 0.1) is 6.10 Å². The van der Waals surface area contributed by atoms with E-state index >= 15 is 0 Å². The predicted molar refractivity (Wildman–Crippen MR) is 112 cm³/mol. The molecule has 6 heteroatoms. The van der Waals surface area contributed by atoms with Gasteiger partial charge in [0.2, 0.25) is 0 Å². The van der Waals surface area contributed by atoms with Crippen LogP contribution in [0.2, 0.25) is 0 Å². The number of hydrogen-bond donors (Lipinski definition) is 3. The fourth-order valence-corrected chi connectivity index (χ4v) is 2.57. The average molecular weight is 377 g/mol. The molecule has 1 rings (SSSR count). The second-order valence-corrected chi connectivity index (χ2v) is 7.88. The number of ether oxygens (including phenoxy) is 1. The lowest BCUT2D eigenvalue weighted by Crippen LogP contribution is -2.45. The zero-order valence-corrected chi connectivity index (χ0v) is 17.8. The molecule has 0 aromatic heterocycles. The summed E-state index contributed by atoms with van der Waals surface area (Å²) in [6, 6.07) is 7.80. The molecule has 0 aliphatic rings. The van der Waals surface area contributed by atoms with Crippen molar-refractivity contribution in [2.24, 2.45) is 10.4 Å². The van der Waals surface area contributed by atoms with E-state index in [0.29, 0.717) is 24.6 Å². The summed E-state index contributed by atoms with van der Waals surface area (Å²) in [7, 11) is 3.47. The Bertz CT molecular complexity index is 623. The summed E-state index contributed by atoms with van der Waals surface area (Å²) in [6.45, 7) is 11.7. The molecular weight excluding hydrogens is 340 g/mol. The maximum atomic E-state index is 12.3. The van der Waals surface area contributed by atoms with E-state index in [2.05, 4.69) is 48.6 Å². The van der Waals surface area contributed by atoms with Crippen molar-refractivity contribution < 1.29 is 9.53 Å². The number of carbonyl (C=O) groups excluding carboxylic acids is 1. The first-order valence-electron chi connectivity index (χ1n) is 9.58. The van der Waals surface area contributed by atoms with Crippen molar-refractivity contribution >= 4 is 11.9 Å². The van der Waals surface area contributed by atoms with Gasteiger partial charge in [0.1, 0.15) is 0 Å². The molecular formula is C21H36N4O2. The maximum Gasteiger partial charge on any atom is 0.251 e. The van der Waals surface area contributed by atoms with Gasteiger partial charge in [0.25, 0.3) is 5.91 Å². The molecule has 0 saturated carbocycles. The van der Waals surface area contributed by atoms with Crippen LogP contribution in [0.4, 0.5) is 0 Å². The number of methoxy groups -OCH3 is 1. The van der Waals surface area contributed by atoms with Crippen LogP contribution in [-0.4, -0.2) is 44.7 Å². The molecule has 0 bridgehead atoms. The summed E-state index contributed by atoms with van der Waals surface area (Å²) in [6.07, 6.45) is 0.982. The summed E-state index contributed by atoms with van der Waals surface area (Å²) in [5.74, 6) is 0.664. The van der Waals surface area contributed by atoms with Gasteiger partial charge in [-0.2, -0.15) is 0 Å².